The number of hydrogen-bond acceptors (Lipinski definition) is 2. The van der Waals surface area contributed by atoms with Crippen LogP contribution < -0.4 is 16.0 Å². The van der Waals surface area contributed by atoms with E-state index in [-0.39, 0.29) is 47.9 Å². The van der Waals surface area contributed by atoms with E-state index in [0.717, 1.165) is 25.0 Å². The summed E-state index contributed by atoms with van der Waals surface area (Å²) in [5.74, 6) is -0.474. The molecule has 0 heterocycles. The topological polar surface area (TPSA) is 65.5 Å². The summed E-state index contributed by atoms with van der Waals surface area (Å²) < 4.78 is 52.2. The average molecular weight is 502 g/mol. The minimum Gasteiger partial charge on any atom is -0.357 e. The lowest BCUT2D eigenvalue weighted by atomic mass is 10.1. The average Bonchev–Trinajstić information content (AvgIpc) is 3.41. The summed E-state index contributed by atoms with van der Waals surface area (Å²) in [4.78, 5) is 15.6. The molecule has 0 spiro atoms. The first-order valence-corrected chi connectivity index (χ1v) is 8.46. The molecular weight excluding hydrogens is 479 g/mol. The normalized spacial score (nSPS) is 14.3. The van der Waals surface area contributed by atoms with Crippen LogP contribution in [0.15, 0.2) is 23.2 Å². The van der Waals surface area contributed by atoms with Gasteiger partial charge in [0.2, 0.25) is 5.91 Å². The van der Waals surface area contributed by atoms with E-state index in [2.05, 4.69) is 20.9 Å². The number of nitrogens with zero attached hydrogens (tertiary/aromatic N) is 1. The van der Waals surface area contributed by atoms with Gasteiger partial charge in [0.05, 0.1) is 12.1 Å². The van der Waals surface area contributed by atoms with E-state index in [1.165, 1.54) is 0 Å². The Labute approximate surface area is 172 Å². The van der Waals surface area contributed by atoms with Gasteiger partial charge in [0.25, 0.3) is 0 Å². The number of aliphatic imine (C=N–C) groups is 1. The number of guanidine groups is 1. The van der Waals surface area contributed by atoms with Crippen LogP contribution in [-0.2, 0) is 17.5 Å². The molecule has 5 nitrogen and oxygen atoms in total. The van der Waals surface area contributed by atoms with Crippen molar-refractivity contribution in [2.45, 2.75) is 32.5 Å². The molecule has 1 fully saturated rings. The highest BCUT2D eigenvalue weighted by molar-refractivity contribution is 14.0. The highest BCUT2D eigenvalue weighted by Crippen LogP contribution is 2.32. The SMILES string of the molecule is CCNC(=NCc1ccc(F)cc1C(F)(F)F)NCCNC(=O)C1CC1.I. The standard InChI is InChI=1S/C17H22F4N4O.HI/c1-2-22-16(24-8-7-23-15(26)11-3-4-11)25-10-12-5-6-13(18)9-14(12)17(19,20)21;/h5-6,9,11H,2-4,7-8,10H2,1H3,(H,23,26)(H2,22,24,25);1H. The number of carbonyl (C=O) groups excluding carboxylic acids is 1. The van der Waals surface area contributed by atoms with Crippen LogP contribution in [-0.4, -0.2) is 31.5 Å². The van der Waals surface area contributed by atoms with Gasteiger partial charge in [-0.2, -0.15) is 13.2 Å². The van der Waals surface area contributed by atoms with Gasteiger partial charge in [0.1, 0.15) is 5.82 Å². The molecule has 152 valence electrons. The summed E-state index contributed by atoms with van der Waals surface area (Å²) in [7, 11) is 0. The largest absolute Gasteiger partial charge is 0.416 e. The van der Waals surface area contributed by atoms with E-state index in [4.69, 9.17) is 0 Å². The van der Waals surface area contributed by atoms with Crippen molar-refractivity contribution in [1.29, 1.82) is 0 Å². The van der Waals surface area contributed by atoms with Crippen LogP contribution in [0.5, 0.6) is 0 Å². The molecule has 0 aliphatic heterocycles. The van der Waals surface area contributed by atoms with Crippen LogP contribution in [0, 0.1) is 11.7 Å². The second-order valence-electron chi connectivity index (χ2n) is 5.99. The van der Waals surface area contributed by atoms with E-state index < -0.39 is 17.6 Å². The van der Waals surface area contributed by atoms with Crippen LogP contribution in [0.3, 0.4) is 0 Å². The van der Waals surface area contributed by atoms with Gasteiger partial charge in [-0.3, -0.25) is 4.79 Å². The van der Waals surface area contributed by atoms with E-state index in [1.54, 1.807) is 0 Å². The number of benzene rings is 1. The molecule has 27 heavy (non-hydrogen) atoms. The van der Waals surface area contributed by atoms with Crippen LogP contribution in [0.4, 0.5) is 17.6 Å². The van der Waals surface area contributed by atoms with Crippen molar-refractivity contribution in [3.8, 4) is 0 Å². The summed E-state index contributed by atoms with van der Waals surface area (Å²) in [6.07, 6.45) is -2.81. The zero-order chi connectivity index (χ0) is 19.2. The second-order valence-corrected chi connectivity index (χ2v) is 5.99. The lowest BCUT2D eigenvalue weighted by molar-refractivity contribution is -0.138. The van der Waals surface area contributed by atoms with Crippen LogP contribution >= 0.6 is 24.0 Å². The van der Waals surface area contributed by atoms with Crippen LogP contribution in [0.25, 0.3) is 0 Å². The Bertz CT molecular complexity index is 663. The molecule has 3 N–H and O–H groups in total. The molecule has 0 aromatic heterocycles. The molecular formula is C17H23F4IN4O. The van der Waals surface area contributed by atoms with Crippen LogP contribution in [0.2, 0.25) is 0 Å². The molecule has 0 atom stereocenters. The van der Waals surface area contributed by atoms with Gasteiger partial charge in [0, 0.05) is 25.6 Å². The van der Waals surface area contributed by atoms with E-state index in [0.29, 0.717) is 31.7 Å². The molecule has 1 aromatic rings. The zero-order valence-electron chi connectivity index (χ0n) is 14.8. The van der Waals surface area contributed by atoms with Crippen molar-refractivity contribution >= 4 is 35.8 Å². The fourth-order valence-corrected chi connectivity index (χ4v) is 2.31. The predicted molar refractivity (Wildman–Crippen MR) is 105 cm³/mol. The Balaban J connectivity index is 0.00000364. The molecule has 1 aliphatic carbocycles. The Kier molecular flexibility index (Phi) is 9.27. The number of carbonyl (C=O) groups is 1. The first-order valence-electron chi connectivity index (χ1n) is 8.46. The first kappa shape index (κ1) is 23.4. The third kappa shape index (κ3) is 7.89. The molecule has 0 saturated heterocycles. The van der Waals surface area contributed by atoms with Crippen molar-refractivity contribution in [2.75, 3.05) is 19.6 Å². The van der Waals surface area contributed by atoms with Crippen molar-refractivity contribution < 1.29 is 22.4 Å². The van der Waals surface area contributed by atoms with Gasteiger partial charge in [-0.1, -0.05) is 6.07 Å². The van der Waals surface area contributed by atoms with E-state index >= 15 is 0 Å². The Hall–Kier alpha value is -1.59. The summed E-state index contributed by atoms with van der Waals surface area (Å²) in [6.45, 7) is 2.88. The van der Waals surface area contributed by atoms with Crippen molar-refractivity contribution in [2.24, 2.45) is 10.9 Å². The number of rotatable bonds is 7. The third-order valence-corrected chi connectivity index (χ3v) is 3.79. The predicted octanol–water partition coefficient (Wildman–Crippen LogP) is 3.04. The lowest BCUT2D eigenvalue weighted by Gasteiger charge is -2.14. The van der Waals surface area contributed by atoms with Gasteiger partial charge in [0.15, 0.2) is 5.96 Å². The fraction of sp³-hybridized carbons (Fsp3) is 0.529. The lowest BCUT2D eigenvalue weighted by Crippen LogP contribution is -2.41. The molecule has 1 saturated carbocycles. The quantitative estimate of drug-likeness (QED) is 0.177. The fourth-order valence-electron chi connectivity index (χ4n) is 2.31. The number of hydrogen-bond donors (Lipinski definition) is 3. The molecule has 10 heteroatoms. The van der Waals surface area contributed by atoms with Gasteiger partial charge in [-0.05, 0) is 37.5 Å². The highest BCUT2D eigenvalue weighted by atomic mass is 127. The first-order chi connectivity index (χ1) is 12.3. The maximum absolute atomic E-state index is 13.1. The molecule has 1 aliphatic rings. The van der Waals surface area contributed by atoms with Crippen molar-refractivity contribution in [3.05, 3.63) is 35.1 Å². The molecule has 0 radical (unpaired) electrons. The minimum absolute atomic E-state index is 0. The van der Waals surface area contributed by atoms with Gasteiger partial charge in [-0.25, -0.2) is 9.38 Å². The summed E-state index contributed by atoms with van der Waals surface area (Å²) >= 11 is 0. The molecule has 2 rings (SSSR count). The third-order valence-electron chi connectivity index (χ3n) is 3.79. The maximum Gasteiger partial charge on any atom is 0.416 e. The smallest absolute Gasteiger partial charge is 0.357 e. The molecule has 0 unspecified atom stereocenters. The molecule has 1 amide bonds. The summed E-state index contributed by atoms with van der Waals surface area (Å²) in [5.41, 5.74) is -1.15. The summed E-state index contributed by atoms with van der Waals surface area (Å²) in [5, 5.41) is 8.64. The monoisotopic (exact) mass is 502 g/mol. The summed E-state index contributed by atoms with van der Waals surface area (Å²) in [6, 6.07) is 2.54. The highest BCUT2D eigenvalue weighted by Gasteiger charge is 2.33. The van der Waals surface area contributed by atoms with E-state index in [9.17, 15) is 22.4 Å². The Morgan fingerprint density at radius 3 is 2.44 bits per heavy atom. The van der Waals surface area contributed by atoms with E-state index in [1.807, 2.05) is 6.92 Å². The van der Waals surface area contributed by atoms with Crippen molar-refractivity contribution in [3.63, 3.8) is 0 Å². The van der Waals surface area contributed by atoms with Gasteiger partial charge >= 0.3 is 6.18 Å². The number of alkyl halides is 3. The number of nitrogens with one attached hydrogen (secondary N) is 3. The molecule has 0 bridgehead atoms. The van der Waals surface area contributed by atoms with Crippen molar-refractivity contribution in [1.82, 2.24) is 16.0 Å². The maximum atomic E-state index is 13.1. The number of halogens is 5. The molecule has 1 aromatic carbocycles. The second kappa shape index (κ2) is 10.7. The Morgan fingerprint density at radius 2 is 1.85 bits per heavy atom. The zero-order valence-corrected chi connectivity index (χ0v) is 17.2. The Morgan fingerprint density at radius 1 is 1.19 bits per heavy atom. The number of amides is 1. The van der Waals surface area contributed by atoms with Gasteiger partial charge in [-0.15, -0.1) is 24.0 Å². The van der Waals surface area contributed by atoms with Gasteiger partial charge < -0.3 is 16.0 Å². The minimum atomic E-state index is -4.65. The van der Waals surface area contributed by atoms with Crippen LogP contribution in [0.1, 0.15) is 30.9 Å².